The number of benzene rings is 1. The van der Waals surface area contributed by atoms with E-state index in [2.05, 4.69) is 5.10 Å². The number of halogens is 2. The van der Waals surface area contributed by atoms with Crippen molar-refractivity contribution in [1.29, 1.82) is 0 Å². The zero-order valence-electron chi connectivity index (χ0n) is 14.8. The Morgan fingerprint density at radius 2 is 1.59 bits per heavy atom. The van der Waals surface area contributed by atoms with Crippen molar-refractivity contribution in [2.45, 2.75) is 25.8 Å². The van der Waals surface area contributed by atoms with E-state index in [0.29, 0.717) is 47.5 Å². The number of hydrogen-bond donors (Lipinski definition) is 0. The number of aryl methyl sites for hydroxylation is 2. The third-order valence-corrected chi connectivity index (χ3v) is 5.71. The van der Waals surface area contributed by atoms with E-state index in [4.69, 9.17) is 23.2 Å². The van der Waals surface area contributed by atoms with Crippen molar-refractivity contribution in [2.24, 2.45) is 0 Å². The average Bonchev–Trinajstić information content (AvgIpc) is 3.13. The van der Waals surface area contributed by atoms with Gasteiger partial charge in [0.25, 0.3) is 11.8 Å². The summed E-state index contributed by atoms with van der Waals surface area (Å²) >= 11 is 12.1. The first-order valence-electron chi connectivity index (χ1n) is 9.13. The van der Waals surface area contributed by atoms with Crippen LogP contribution in [0.1, 0.15) is 39.4 Å². The van der Waals surface area contributed by atoms with Crippen LogP contribution in [0.2, 0.25) is 10.0 Å². The molecule has 0 bridgehead atoms. The lowest BCUT2D eigenvalue weighted by atomic mass is 10.1. The van der Waals surface area contributed by atoms with Gasteiger partial charge in [0, 0.05) is 43.4 Å². The van der Waals surface area contributed by atoms with Gasteiger partial charge in [-0.1, -0.05) is 23.2 Å². The molecule has 2 amide bonds. The molecule has 1 aromatic heterocycles. The Morgan fingerprint density at radius 1 is 0.889 bits per heavy atom. The number of fused-ring (bicyclic) bond motifs is 1. The van der Waals surface area contributed by atoms with Crippen LogP contribution in [0.25, 0.3) is 0 Å². The van der Waals surface area contributed by atoms with Gasteiger partial charge in [-0.05, 0) is 43.5 Å². The van der Waals surface area contributed by atoms with Gasteiger partial charge in [-0.15, -0.1) is 0 Å². The molecule has 0 aliphatic carbocycles. The van der Waals surface area contributed by atoms with E-state index in [0.717, 1.165) is 31.5 Å². The van der Waals surface area contributed by atoms with Crippen LogP contribution < -0.4 is 0 Å². The lowest BCUT2D eigenvalue weighted by Gasteiger charge is -2.34. The maximum Gasteiger partial charge on any atom is 0.274 e. The first-order chi connectivity index (χ1) is 13.0. The number of hydrogen-bond acceptors (Lipinski definition) is 3. The van der Waals surface area contributed by atoms with E-state index in [-0.39, 0.29) is 11.8 Å². The molecule has 0 atom stereocenters. The number of carbonyl (C=O) groups excluding carboxylic acids is 2. The fourth-order valence-corrected chi connectivity index (χ4v) is 4.00. The molecule has 2 aliphatic heterocycles. The Labute approximate surface area is 167 Å². The van der Waals surface area contributed by atoms with Crippen molar-refractivity contribution in [3.8, 4) is 0 Å². The highest BCUT2D eigenvalue weighted by Gasteiger charge is 2.28. The van der Waals surface area contributed by atoms with Gasteiger partial charge in [-0.3, -0.25) is 14.3 Å². The molecular weight excluding hydrogens is 387 g/mol. The van der Waals surface area contributed by atoms with Crippen LogP contribution in [0.4, 0.5) is 0 Å². The molecule has 3 heterocycles. The van der Waals surface area contributed by atoms with Gasteiger partial charge in [0.1, 0.15) is 0 Å². The predicted molar refractivity (Wildman–Crippen MR) is 103 cm³/mol. The molecule has 0 unspecified atom stereocenters. The minimum absolute atomic E-state index is 0.0650. The molecule has 8 heteroatoms. The zero-order chi connectivity index (χ0) is 19.0. The minimum Gasteiger partial charge on any atom is -0.335 e. The number of amides is 2. The van der Waals surface area contributed by atoms with Gasteiger partial charge >= 0.3 is 0 Å². The third kappa shape index (κ3) is 3.69. The molecule has 1 aromatic carbocycles. The second-order valence-corrected chi connectivity index (χ2v) is 7.75. The highest BCUT2D eigenvalue weighted by atomic mass is 35.5. The van der Waals surface area contributed by atoms with Gasteiger partial charge in [-0.25, -0.2) is 0 Å². The summed E-state index contributed by atoms with van der Waals surface area (Å²) in [4.78, 5) is 29.0. The molecule has 2 aromatic rings. The van der Waals surface area contributed by atoms with E-state index < -0.39 is 0 Å². The fourth-order valence-electron chi connectivity index (χ4n) is 3.63. The molecule has 1 saturated heterocycles. The number of carbonyl (C=O) groups is 2. The first kappa shape index (κ1) is 18.3. The van der Waals surface area contributed by atoms with E-state index >= 15 is 0 Å². The van der Waals surface area contributed by atoms with E-state index in [1.54, 1.807) is 28.0 Å². The highest BCUT2D eigenvalue weighted by Crippen LogP contribution is 2.23. The monoisotopic (exact) mass is 406 g/mol. The van der Waals surface area contributed by atoms with Crippen LogP contribution in [-0.2, 0) is 13.0 Å². The van der Waals surface area contributed by atoms with Crippen molar-refractivity contribution in [1.82, 2.24) is 19.6 Å². The lowest BCUT2D eigenvalue weighted by molar-refractivity contribution is 0.0532. The SMILES string of the molecule is O=C(c1cc2n(n1)CCCC2)N1CCN(C(=O)c2cc(Cl)ccc2Cl)CC1. The highest BCUT2D eigenvalue weighted by molar-refractivity contribution is 6.35. The van der Waals surface area contributed by atoms with Crippen LogP contribution >= 0.6 is 23.2 Å². The molecule has 4 rings (SSSR count). The summed E-state index contributed by atoms with van der Waals surface area (Å²) in [6.07, 6.45) is 3.23. The van der Waals surface area contributed by atoms with E-state index in [1.165, 1.54) is 0 Å². The molecular formula is C19H20Cl2N4O2. The summed E-state index contributed by atoms with van der Waals surface area (Å²) in [5.41, 5.74) is 2.03. The molecule has 6 nitrogen and oxygen atoms in total. The Bertz CT molecular complexity index is 864. The van der Waals surface area contributed by atoms with Gasteiger partial charge in [0.15, 0.2) is 5.69 Å². The van der Waals surface area contributed by atoms with Crippen LogP contribution in [0, 0.1) is 0 Å². The molecule has 2 aliphatic rings. The second kappa shape index (κ2) is 7.52. The Morgan fingerprint density at radius 3 is 2.30 bits per heavy atom. The van der Waals surface area contributed by atoms with Crippen molar-refractivity contribution < 1.29 is 9.59 Å². The number of piperazine rings is 1. The Balaban J connectivity index is 1.41. The fraction of sp³-hybridized carbons (Fsp3) is 0.421. The van der Waals surface area contributed by atoms with Crippen molar-refractivity contribution in [3.05, 3.63) is 51.3 Å². The van der Waals surface area contributed by atoms with Gasteiger partial charge in [-0.2, -0.15) is 5.10 Å². The lowest BCUT2D eigenvalue weighted by Crippen LogP contribution is -2.50. The van der Waals surface area contributed by atoms with Gasteiger partial charge in [0.2, 0.25) is 0 Å². The van der Waals surface area contributed by atoms with Crippen LogP contribution in [-0.4, -0.2) is 57.6 Å². The molecule has 142 valence electrons. The summed E-state index contributed by atoms with van der Waals surface area (Å²) in [6.45, 7) is 2.75. The van der Waals surface area contributed by atoms with Gasteiger partial charge < -0.3 is 9.80 Å². The Kier molecular flexibility index (Phi) is 5.10. The molecule has 0 spiro atoms. The number of nitrogens with zero attached hydrogens (tertiary/aromatic N) is 4. The van der Waals surface area contributed by atoms with Crippen LogP contribution in [0.5, 0.6) is 0 Å². The maximum absolute atomic E-state index is 12.8. The molecule has 0 saturated carbocycles. The summed E-state index contributed by atoms with van der Waals surface area (Å²) in [6, 6.07) is 6.77. The molecule has 27 heavy (non-hydrogen) atoms. The average molecular weight is 407 g/mol. The summed E-state index contributed by atoms with van der Waals surface area (Å²) in [7, 11) is 0. The second-order valence-electron chi connectivity index (χ2n) is 6.91. The van der Waals surface area contributed by atoms with E-state index in [9.17, 15) is 9.59 Å². The number of rotatable bonds is 2. The third-order valence-electron chi connectivity index (χ3n) is 5.15. The smallest absolute Gasteiger partial charge is 0.274 e. The first-order valence-corrected chi connectivity index (χ1v) is 9.89. The quantitative estimate of drug-likeness (QED) is 0.769. The van der Waals surface area contributed by atoms with Crippen LogP contribution in [0.3, 0.4) is 0 Å². The minimum atomic E-state index is -0.160. The van der Waals surface area contributed by atoms with E-state index in [1.807, 2.05) is 10.7 Å². The van der Waals surface area contributed by atoms with Crippen molar-refractivity contribution in [2.75, 3.05) is 26.2 Å². The normalized spacial score (nSPS) is 17.0. The predicted octanol–water partition coefficient (Wildman–Crippen LogP) is 3.12. The molecule has 0 radical (unpaired) electrons. The molecule has 1 fully saturated rings. The van der Waals surface area contributed by atoms with Crippen molar-refractivity contribution >= 4 is 35.0 Å². The summed E-state index contributed by atoms with van der Waals surface area (Å²) in [5, 5.41) is 5.32. The summed E-state index contributed by atoms with van der Waals surface area (Å²) < 4.78 is 1.94. The maximum atomic E-state index is 12.8. The largest absolute Gasteiger partial charge is 0.335 e. The van der Waals surface area contributed by atoms with Crippen LogP contribution in [0.15, 0.2) is 24.3 Å². The van der Waals surface area contributed by atoms with Crippen molar-refractivity contribution in [3.63, 3.8) is 0 Å². The van der Waals surface area contributed by atoms with Gasteiger partial charge in [0.05, 0.1) is 10.6 Å². The summed E-state index contributed by atoms with van der Waals surface area (Å²) in [5.74, 6) is -0.225. The Hall–Kier alpha value is -2.05. The number of aromatic nitrogens is 2. The molecule has 0 N–H and O–H groups in total. The standard InChI is InChI=1S/C19H20Cl2N4O2/c20-13-4-5-16(21)15(11-13)18(26)23-7-9-24(10-8-23)19(27)17-12-14-3-1-2-6-25(14)22-17/h4-5,11-12H,1-3,6-10H2. The zero-order valence-corrected chi connectivity index (χ0v) is 16.3. The topological polar surface area (TPSA) is 58.4 Å².